The smallest absolute Gasteiger partial charge is 0.308 e. The first-order valence-electron chi connectivity index (χ1n) is 10.1. The van der Waals surface area contributed by atoms with Gasteiger partial charge < -0.3 is 14.0 Å². The molecule has 1 aromatic carbocycles. The molecule has 0 radical (unpaired) electrons. The van der Waals surface area contributed by atoms with Crippen LogP contribution in [0.3, 0.4) is 0 Å². The van der Waals surface area contributed by atoms with E-state index >= 15 is 0 Å². The Balaban J connectivity index is 1.91. The summed E-state index contributed by atoms with van der Waals surface area (Å²) in [5, 5.41) is 0. The number of nitrogens with zero attached hydrogens (tertiary/aromatic N) is 2. The molecule has 6 heteroatoms. The molecule has 0 saturated heterocycles. The van der Waals surface area contributed by atoms with Crippen LogP contribution in [0.5, 0.6) is 5.75 Å². The Morgan fingerprint density at radius 3 is 2.69 bits per heavy atom. The SMILES string of the molecule is CCOC(=O)CC1N=C(CC2CC2)c2cc(OC)ccc2-c2cn(C)c(=O)cc21. The summed E-state index contributed by atoms with van der Waals surface area (Å²) in [6.07, 6.45) is 5.23. The van der Waals surface area contributed by atoms with Crippen LogP contribution in [0, 0.1) is 5.92 Å². The molecule has 2 aromatic rings. The van der Waals surface area contributed by atoms with E-state index in [1.807, 2.05) is 24.4 Å². The number of carbonyl (C=O) groups excluding carboxylic acids is 1. The summed E-state index contributed by atoms with van der Waals surface area (Å²) in [6, 6.07) is 7.13. The van der Waals surface area contributed by atoms with Gasteiger partial charge in [0.1, 0.15) is 5.75 Å². The van der Waals surface area contributed by atoms with Crippen molar-refractivity contribution in [1.29, 1.82) is 0 Å². The van der Waals surface area contributed by atoms with Crippen molar-refractivity contribution in [3.05, 3.63) is 51.9 Å². The minimum atomic E-state index is -0.440. The van der Waals surface area contributed by atoms with Gasteiger partial charge in [-0.25, -0.2) is 0 Å². The third kappa shape index (κ3) is 3.97. The van der Waals surface area contributed by atoms with Gasteiger partial charge in [-0.1, -0.05) is 0 Å². The van der Waals surface area contributed by atoms with E-state index in [4.69, 9.17) is 14.5 Å². The molecule has 152 valence electrons. The highest BCUT2D eigenvalue weighted by molar-refractivity contribution is 6.08. The molecule has 1 atom stereocenters. The number of pyridine rings is 1. The molecular weight excluding hydrogens is 368 g/mol. The van der Waals surface area contributed by atoms with Crippen LogP contribution in [0.4, 0.5) is 0 Å². The number of hydrogen-bond donors (Lipinski definition) is 0. The summed E-state index contributed by atoms with van der Waals surface area (Å²) in [7, 11) is 3.39. The molecule has 2 aliphatic rings. The number of aromatic nitrogens is 1. The van der Waals surface area contributed by atoms with Crippen molar-refractivity contribution >= 4 is 11.7 Å². The molecule has 2 heterocycles. The van der Waals surface area contributed by atoms with Crippen molar-refractivity contribution in [3.63, 3.8) is 0 Å². The van der Waals surface area contributed by atoms with Crippen LogP contribution in [0.1, 0.15) is 49.8 Å². The van der Waals surface area contributed by atoms with Crippen LogP contribution in [-0.4, -0.2) is 30.0 Å². The number of aryl methyl sites for hydroxylation is 1. The summed E-state index contributed by atoms with van der Waals surface area (Å²) < 4.78 is 12.2. The molecule has 1 saturated carbocycles. The monoisotopic (exact) mass is 394 g/mol. The van der Waals surface area contributed by atoms with E-state index in [2.05, 4.69) is 0 Å². The van der Waals surface area contributed by atoms with Gasteiger partial charge in [0.25, 0.3) is 5.56 Å². The van der Waals surface area contributed by atoms with Crippen LogP contribution in [0.25, 0.3) is 11.1 Å². The van der Waals surface area contributed by atoms with Crippen molar-refractivity contribution in [1.82, 2.24) is 4.57 Å². The van der Waals surface area contributed by atoms with Crippen molar-refractivity contribution in [2.24, 2.45) is 18.0 Å². The predicted molar refractivity (Wildman–Crippen MR) is 112 cm³/mol. The molecule has 1 aliphatic carbocycles. The lowest BCUT2D eigenvalue weighted by Crippen LogP contribution is -2.18. The molecule has 1 aliphatic heterocycles. The molecule has 6 nitrogen and oxygen atoms in total. The largest absolute Gasteiger partial charge is 0.497 e. The van der Waals surface area contributed by atoms with E-state index in [1.165, 1.54) is 12.8 Å². The minimum Gasteiger partial charge on any atom is -0.497 e. The molecular formula is C23H26N2O4. The Labute approximate surface area is 170 Å². The fourth-order valence-corrected chi connectivity index (χ4v) is 3.89. The Kier molecular flexibility index (Phi) is 5.26. The number of hydrogen-bond acceptors (Lipinski definition) is 5. The Hall–Kier alpha value is -2.89. The second-order valence-electron chi connectivity index (χ2n) is 7.75. The number of rotatable bonds is 6. The lowest BCUT2D eigenvalue weighted by atomic mass is 9.92. The van der Waals surface area contributed by atoms with Crippen LogP contribution in [-0.2, 0) is 16.6 Å². The van der Waals surface area contributed by atoms with Crippen molar-refractivity contribution in [2.75, 3.05) is 13.7 Å². The standard InChI is InChI=1S/C23H26N2O4/c1-4-29-23(27)12-21-18-11-22(26)25(2)13-19(18)16-8-7-15(28-3)10-17(16)20(24-21)9-14-5-6-14/h7-8,10-11,13-14,21H,4-6,9,12H2,1-3H3. The lowest BCUT2D eigenvalue weighted by Gasteiger charge is -2.16. The summed E-state index contributed by atoms with van der Waals surface area (Å²) in [6.45, 7) is 2.11. The van der Waals surface area contributed by atoms with Crippen LogP contribution in [0.15, 0.2) is 40.2 Å². The molecule has 1 aromatic heterocycles. The number of carbonyl (C=O) groups is 1. The van der Waals surface area contributed by atoms with Gasteiger partial charge in [-0.2, -0.15) is 0 Å². The van der Waals surface area contributed by atoms with Gasteiger partial charge in [-0.3, -0.25) is 14.6 Å². The van der Waals surface area contributed by atoms with E-state index in [1.54, 1.807) is 31.7 Å². The second-order valence-corrected chi connectivity index (χ2v) is 7.75. The molecule has 0 N–H and O–H groups in total. The van der Waals surface area contributed by atoms with Crippen LogP contribution < -0.4 is 10.3 Å². The van der Waals surface area contributed by atoms with E-state index in [9.17, 15) is 9.59 Å². The Morgan fingerprint density at radius 2 is 2.00 bits per heavy atom. The van der Waals surface area contributed by atoms with Crippen LogP contribution >= 0.6 is 0 Å². The third-order valence-corrected chi connectivity index (χ3v) is 5.60. The van der Waals surface area contributed by atoms with Gasteiger partial charge in [0, 0.05) is 36.1 Å². The molecule has 1 fully saturated rings. The maximum absolute atomic E-state index is 12.4. The number of ether oxygens (including phenoxy) is 2. The zero-order chi connectivity index (χ0) is 20.5. The maximum Gasteiger partial charge on any atom is 0.308 e. The van der Waals surface area contributed by atoms with Gasteiger partial charge in [0.2, 0.25) is 0 Å². The molecule has 29 heavy (non-hydrogen) atoms. The number of fused-ring (bicyclic) bond motifs is 3. The van der Waals surface area contributed by atoms with Crippen molar-refractivity contribution in [3.8, 4) is 16.9 Å². The van der Waals surface area contributed by atoms with Gasteiger partial charge in [0.15, 0.2) is 0 Å². The van der Waals surface area contributed by atoms with Crippen LogP contribution in [0.2, 0.25) is 0 Å². The second kappa shape index (κ2) is 7.85. The predicted octanol–water partition coefficient (Wildman–Crippen LogP) is 3.66. The number of methoxy groups -OCH3 is 1. The number of benzene rings is 1. The number of aliphatic imine (C=N–C) groups is 1. The van der Waals surface area contributed by atoms with E-state index < -0.39 is 6.04 Å². The first-order chi connectivity index (χ1) is 14.0. The van der Waals surface area contributed by atoms with Gasteiger partial charge in [-0.15, -0.1) is 0 Å². The average Bonchev–Trinajstić information content (AvgIpc) is 3.53. The van der Waals surface area contributed by atoms with Gasteiger partial charge >= 0.3 is 5.97 Å². The first-order valence-corrected chi connectivity index (χ1v) is 10.1. The third-order valence-electron chi connectivity index (χ3n) is 5.60. The van der Waals surface area contributed by atoms with Crippen molar-refractivity contribution < 1.29 is 14.3 Å². The summed E-state index contributed by atoms with van der Waals surface area (Å²) >= 11 is 0. The fourth-order valence-electron chi connectivity index (χ4n) is 3.89. The summed E-state index contributed by atoms with van der Waals surface area (Å²) in [5.74, 6) is 1.09. The highest BCUT2D eigenvalue weighted by Gasteiger charge is 2.31. The highest BCUT2D eigenvalue weighted by atomic mass is 16.5. The number of esters is 1. The summed E-state index contributed by atoms with van der Waals surface area (Å²) in [4.78, 5) is 29.7. The topological polar surface area (TPSA) is 69.9 Å². The summed E-state index contributed by atoms with van der Waals surface area (Å²) in [5.41, 5.74) is 4.59. The lowest BCUT2D eigenvalue weighted by molar-refractivity contribution is -0.143. The molecule has 0 spiro atoms. The molecule has 0 amide bonds. The highest BCUT2D eigenvalue weighted by Crippen LogP contribution is 2.42. The molecule has 1 unspecified atom stereocenters. The van der Waals surface area contributed by atoms with Gasteiger partial charge in [-0.05, 0) is 61.4 Å². The maximum atomic E-state index is 12.4. The van der Waals surface area contributed by atoms with E-state index in [-0.39, 0.29) is 17.9 Å². The zero-order valence-electron chi connectivity index (χ0n) is 17.1. The normalized spacial score (nSPS) is 17.6. The Bertz CT molecular complexity index is 1030. The van der Waals surface area contributed by atoms with Gasteiger partial charge in [0.05, 0.1) is 26.2 Å². The quantitative estimate of drug-likeness (QED) is 0.701. The first kappa shape index (κ1) is 19.4. The van der Waals surface area contributed by atoms with E-state index in [0.29, 0.717) is 12.5 Å². The average molecular weight is 394 g/mol. The minimum absolute atomic E-state index is 0.117. The Morgan fingerprint density at radius 1 is 1.21 bits per heavy atom. The molecule has 0 bridgehead atoms. The molecule has 4 rings (SSSR count). The zero-order valence-corrected chi connectivity index (χ0v) is 17.1. The fraction of sp³-hybridized carbons (Fsp3) is 0.435. The van der Waals surface area contributed by atoms with E-state index in [0.717, 1.165) is 40.1 Å². The van der Waals surface area contributed by atoms with Crippen molar-refractivity contribution in [2.45, 2.75) is 38.6 Å².